The SMILES string of the molecule is Cc1nc(C)c(CCC(=O)Nc2nc(-c3cc(C)c(C)cc3C)cs2)c(=O)[nH]1. The molecule has 0 bridgehead atoms. The summed E-state index contributed by atoms with van der Waals surface area (Å²) in [5.74, 6) is 0.407. The number of carbonyl (C=O) groups excluding carboxylic acids is 1. The zero-order valence-corrected chi connectivity index (χ0v) is 17.6. The van der Waals surface area contributed by atoms with Crippen molar-refractivity contribution in [2.24, 2.45) is 0 Å². The maximum Gasteiger partial charge on any atom is 0.254 e. The summed E-state index contributed by atoms with van der Waals surface area (Å²) < 4.78 is 0. The van der Waals surface area contributed by atoms with Crippen molar-refractivity contribution in [3.8, 4) is 11.3 Å². The van der Waals surface area contributed by atoms with Crippen molar-refractivity contribution in [2.75, 3.05) is 5.32 Å². The van der Waals surface area contributed by atoms with Gasteiger partial charge >= 0.3 is 0 Å². The molecule has 6 nitrogen and oxygen atoms in total. The van der Waals surface area contributed by atoms with E-state index in [1.165, 1.54) is 22.5 Å². The molecule has 28 heavy (non-hydrogen) atoms. The molecule has 0 saturated heterocycles. The van der Waals surface area contributed by atoms with Gasteiger partial charge in [-0.25, -0.2) is 9.97 Å². The number of nitrogens with zero attached hydrogens (tertiary/aromatic N) is 2. The van der Waals surface area contributed by atoms with Gasteiger partial charge in [0.05, 0.1) is 5.69 Å². The summed E-state index contributed by atoms with van der Waals surface area (Å²) in [6.45, 7) is 9.76. The van der Waals surface area contributed by atoms with E-state index in [9.17, 15) is 9.59 Å². The molecule has 0 aliphatic rings. The van der Waals surface area contributed by atoms with Crippen molar-refractivity contribution in [2.45, 2.75) is 47.5 Å². The molecule has 1 aromatic carbocycles. The minimum atomic E-state index is -0.181. The van der Waals surface area contributed by atoms with Gasteiger partial charge < -0.3 is 10.3 Å². The molecule has 2 heterocycles. The van der Waals surface area contributed by atoms with Crippen LogP contribution in [0.4, 0.5) is 5.13 Å². The third-order valence-electron chi connectivity index (χ3n) is 4.81. The van der Waals surface area contributed by atoms with Crippen molar-refractivity contribution < 1.29 is 4.79 Å². The van der Waals surface area contributed by atoms with Crippen molar-refractivity contribution in [3.05, 3.63) is 61.6 Å². The van der Waals surface area contributed by atoms with Gasteiger partial charge in [0.15, 0.2) is 5.13 Å². The lowest BCUT2D eigenvalue weighted by atomic mass is 9.99. The predicted molar refractivity (Wildman–Crippen MR) is 113 cm³/mol. The molecule has 3 rings (SSSR count). The maximum atomic E-state index is 12.3. The molecule has 0 radical (unpaired) electrons. The van der Waals surface area contributed by atoms with Crippen molar-refractivity contribution >= 4 is 22.4 Å². The largest absolute Gasteiger partial charge is 0.311 e. The van der Waals surface area contributed by atoms with E-state index in [1.54, 1.807) is 13.8 Å². The monoisotopic (exact) mass is 396 g/mol. The Hall–Kier alpha value is -2.80. The predicted octanol–water partition coefficient (Wildman–Crippen LogP) is 4.01. The van der Waals surface area contributed by atoms with E-state index >= 15 is 0 Å². The Balaban J connectivity index is 1.68. The Morgan fingerprint density at radius 2 is 1.79 bits per heavy atom. The number of benzene rings is 1. The van der Waals surface area contributed by atoms with Crippen LogP contribution in [-0.4, -0.2) is 20.9 Å². The van der Waals surface area contributed by atoms with E-state index in [4.69, 9.17) is 0 Å². The summed E-state index contributed by atoms with van der Waals surface area (Å²) in [5.41, 5.74) is 6.59. The molecule has 1 amide bonds. The van der Waals surface area contributed by atoms with Gasteiger partial charge in [-0.3, -0.25) is 9.59 Å². The van der Waals surface area contributed by atoms with Gasteiger partial charge in [0.25, 0.3) is 5.56 Å². The van der Waals surface area contributed by atoms with E-state index in [2.05, 4.69) is 53.2 Å². The summed E-state index contributed by atoms with van der Waals surface area (Å²) in [7, 11) is 0. The molecule has 0 atom stereocenters. The second kappa shape index (κ2) is 8.06. The van der Waals surface area contributed by atoms with Gasteiger partial charge in [-0.1, -0.05) is 6.07 Å². The zero-order chi connectivity index (χ0) is 20.4. The van der Waals surface area contributed by atoms with Gasteiger partial charge in [-0.15, -0.1) is 11.3 Å². The van der Waals surface area contributed by atoms with E-state index in [0.29, 0.717) is 28.6 Å². The Bertz CT molecular complexity index is 1100. The van der Waals surface area contributed by atoms with Crippen LogP contribution in [0.5, 0.6) is 0 Å². The Kier molecular flexibility index (Phi) is 5.74. The summed E-state index contributed by atoms with van der Waals surface area (Å²) in [6.07, 6.45) is 0.543. The first kappa shape index (κ1) is 19.9. The summed E-state index contributed by atoms with van der Waals surface area (Å²) in [6, 6.07) is 4.28. The van der Waals surface area contributed by atoms with Gasteiger partial charge in [-0.05, 0) is 63.8 Å². The fourth-order valence-electron chi connectivity index (χ4n) is 3.16. The van der Waals surface area contributed by atoms with Gasteiger partial charge in [0.2, 0.25) is 5.91 Å². The molecule has 2 aromatic heterocycles. The molecule has 146 valence electrons. The zero-order valence-electron chi connectivity index (χ0n) is 16.8. The molecule has 0 spiro atoms. The lowest BCUT2D eigenvalue weighted by Crippen LogP contribution is -2.20. The molecule has 3 aromatic rings. The standard InChI is InChI=1S/C21H24N4O2S/c1-11-8-13(3)17(9-12(11)2)18-10-28-21(24-18)25-19(26)7-6-16-14(4)22-15(5)23-20(16)27/h8-10H,6-7H2,1-5H3,(H,22,23,27)(H,24,25,26). The van der Waals surface area contributed by atoms with E-state index < -0.39 is 0 Å². The molecule has 0 fully saturated rings. The molecule has 0 aliphatic carbocycles. The molecule has 0 unspecified atom stereocenters. The number of carbonyl (C=O) groups is 1. The summed E-state index contributed by atoms with van der Waals surface area (Å²) in [5, 5.41) is 5.34. The summed E-state index contributed by atoms with van der Waals surface area (Å²) >= 11 is 1.40. The van der Waals surface area contributed by atoms with Crippen LogP contribution in [0, 0.1) is 34.6 Å². The van der Waals surface area contributed by atoms with Crippen molar-refractivity contribution in [3.63, 3.8) is 0 Å². The van der Waals surface area contributed by atoms with E-state index in [-0.39, 0.29) is 17.9 Å². The first-order chi connectivity index (χ1) is 13.2. The molecular formula is C21H24N4O2S. The van der Waals surface area contributed by atoms with Crippen LogP contribution in [0.25, 0.3) is 11.3 Å². The topological polar surface area (TPSA) is 87.7 Å². The smallest absolute Gasteiger partial charge is 0.254 e. The van der Waals surface area contributed by atoms with Gasteiger partial charge in [0.1, 0.15) is 5.82 Å². The minimum Gasteiger partial charge on any atom is -0.311 e. The van der Waals surface area contributed by atoms with Crippen LogP contribution >= 0.6 is 11.3 Å². The number of aromatic nitrogens is 3. The number of hydrogen-bond acceptors (Lipinski definition) is 5. The number of nitrogens with one attached hydrogen (secondary N) is 2. The van der Waals surface area contributed by atoms with Crippen LogP contribution in [0.3, 0.4) is 0 Å². The Morgan fingerprint density at radius 3 is 2.50 bits per heavy atom. The average Bonchev–Trinajstić information content (AvgIpc) is 3.05. The summed E-state index contributed by atoms with van der Waals surface area (Å²) in [4.78, 5) is 35.8. The number of aryl methyl sites for hydroxylation is 5. The maximum absolute atomic E-state index is 12.3. The fourth-order valence-corrected chi connectivity index (χ4v) is 3.88. The molecule has 0 saturated carbocycles. The lowest BCUT2D eigenvalue weighted by Gasteiger charge is -2.07. The number of hydrogen-bond donors (Lipinski definition) is 2. The van der Waals surface area contributed by atoms with Gasteiger partial charge in [-0.2, -0.15) is 0 Å². The highest BCUT2D eigenvalue weighted by Crippen LogP contribution is 2.29. The molecule has 0 aliphatic heterocycles. The van der Waals surface area contributed by atoms with Crippen LogP contribution in [0.2, 0.25) is 0 Å². The number of thiazole rings is 1. The molecule has 2 N–H and O–H groups in total. The lowest BCUT2D eigenvalue weighted by molar-refractivity contribution is -0.116. The van der Waals surface area contributed by atoms with Crippen molar-refractivity contribution in [1.82, 2.24) is 15.0 Å². The Morgan fingerprint density at radius 1 is 1.07 bits per heavy atom. The number of anilines is 1. The first-order valence-electron chi connectivity index (χ1n) is 9.14. The number of aromatic amines is 1. The third kappa shape index (κ3) is 4.36. The normalized spacial score (nSPS) is 10.9. The average molecular weight is 397 g/mol. The highest BCUT2D eigenvalue weighted by molar-refractivity contribution is 7.14. The highest BCUT2D eigenvalue weighted by Gasteiger charge is 2.13. The van der Waals surface area contributed by atoms with Crippen molar-refractivity contribution in [1.29, 1.82) is 0 Å². The van der Waals surface area contributed by atoms with Crippen LogP contribution in [0.1, 0.15) is 40.2 Å². The molecule has 7 heteroatoms. The van der Waals surface area contributed by atoms with Crippen LogP contribution in [0.15, 0.2) is 22.3 Å². The first-order valence-corrected chi connectivity index (χ1v) is 10.0. The third-order valence-corrected chi connectivity index (χ3v) is 5.57. The second-order valence-corrected chi connectivity index (χ2v) is 7.91. The number of rotatable bonds is 5. The fraction of sp³-hybridized carbons (Fsp3) is 0.333. The quantitative estimate of drug-likeness (QED) is 0.682. The Labute approximate surface area is 168 Å². The van der Waals surface area contributed by atoms with Crippen LogP contribution in [-0.2, 0) is 11.2 Å². The second-order valence-electron chi connectivity index (χ2n) is 7.05. The minimum absolute atomic E-state index is 0.169. The van der Waals surface area contributed by atoms with E-state index in [1.807, 2.05) is 5.38 Å². The van der Waals surface area contributed by atoms with Crippen LogP contribution < -0.4 is 10.9 Å². The number of amides is 1. The highest BCUT2D eigenvalue weighted by atomic mass is 32.1. The number of H-pyrrole nitrogens is 1. The van der Waals surface area contributed by atoms with E-state index in [0.717, 1.165) is 16.8 Å². The van der Waals surface area contributed by atoms with Gasteiger partial charge in [0, 0.05) is 28.6 Å². The molecular weight excluding hydrogens is 372 g/mol.